The number of esters is 1. The molecule has 8 N–H and O–H groups in total. The van der Waals surface area contributed by atoms with Crippen LogP contribution in [-0.2, 0) is 17.7 Å². The number of aromatic nitrogens is 7. The number of aryl methyl sites for hydroxylation is 4. The molecule has 0 aliphatic rings. The van der Waals surface area contributed by atoms with Gasteiger partial charge in [0.05, 0.1) is 41.9 Å². The standard InChI is InChI=1S/C23H24N2O3.C15H15NO3.C14H13NO3.C8H9Br.C8H12N2O.C7H7NO2.C6H5NO3/c1-15-13-16(2)24-23(28)20(15)9-10-21(26)19-11-12-25(22(27)14-19)17(3)18-7-5-4-6-8-18;1-11(12-6-4-3-5-7-12)16-9-8-13(10-14(16)17)15(18)19-2;1-10(11-5-3-2-4-6-11)15-8-7-12(14(17)18)9-13(15)16;1-7(9)8-5-3-2-4-6-8;1-5-3-6(2)10-8(11)7(5)4-9;1-5(9)6-2-3-8-7(10)4-6;8-5-3-4(6(9)10)1-2-7-5/h4-8,11-14,17H,9-10H2,1-3H3,(H,24,28);3-11H,1-2H3;2-10H,1H3,(H,17,18);2-7H,1H3;3H,4,9H2,1-2H3,(H,10,11);2-4H,1H3,(H,8,10);1-3H,(H,7,8)(H,9,10). The highest BCUT2D eigenvalue weighted by atomic mass is 79.9. The fourth-order valence-electron chi connectivity index (χ4n) is 10.3. The Hall–Kier alpha value is -12.3. The van der Waals surface area contributed by atoms with Gasteiger partial charge < -0.3 is 54.3 Å². The number of alkyl halides is 1. The van der Waals surface area contributed by atoms with E-state index in [0.29, 0.717) is 40.0 Å². The summed E-state index contributed by atoms with van der Waals surface area (Å²) < 4.78 is 9.30. The third-order valence-corrected chi connectivity index (χ3v) is 16.7. The maximum Gasteiger partial charge on any atom is 0.338 e. The number of aromatic carboxylic acids is 2. The predicted octanol–water partition coefficient (Wildman–Crippen LogP) is 12.2. The number of pyridine rings is 7. The highest BCUT2D eigenvalue weighted by Gasteiger charge is 2.17. The summed E-state index contributed by atoms with van der Waals surface area (Å²) in [5.74, 6) is -2.92. The second-order valence-corrected chi connectivity index (χ2v) is 25.2. The van der Waals surface area contributed by atoms with Gasteiger partial charge in [0.2, 0.25) is 11.1 Å². The molecule has 0 aliphatic carbocycles. The SMILES string of the molecule is CC(=O)c1cc[nH]c(=O)c1.CC(Br)c1ccccc1.CC(c1ccccc1)n1ccc(C(=O)O)cc1=O.COC(=O)c1ccn(C(C)c2ccccc2)c(=O)c1.Cc1cc(C)c(CCC(=O)c2ccn(C(C)c3ccccc3)c(=O)c2)c(=O)[nH]1.Cc1cc(C)c(CN)c(=O)[nH]1.O=C(O)c1cc[nH]c(=O)c1. The van der Waals surface area contributed by atoms with Gasteiger partial charge in [-0.1, -0.05) is 137 Å². The Balaban J connectivity index is 0.000000229. The van der Waals surface area contributed by atoms with Crippen LogP contribution in [0.2, 0.25) is 0 Å². The number of nitrogens with two attached hydrogens (primary N) is 1. The van der Waals surface area contributed by atoms with E-state index in [1.54, 1.807) is 39.7 Å². The number of halogens is 1. The van der Waals surface area contributed by atoms with Crippen LogP contribution < -0.4 is 44.6 Å². The molecule has 0 saturated carbocycles. The number of hydrogen-bond acceptors (Lipinski definition) is 14. The molecule has 0 aliphatic heterocycles. The molecule has 0 amide bonds. The maximum absolute atomic E-state index is 12.6. The molecule has 546 valence electrons. The van der Waals surface area contributed by atoms with Crippen LogP contribution in [0.15, 0.2) is 259 Å². The summed E-state index contributed by atoms with van der Waals surface area (Å²) in [4.78, 5) is 147. The fourth-order valence-corrected chi connectivity index (χ4v) is 10.6. The van der Waals surface area contributed by atoms with Gasteiger partial charge in [-0.05, 0) is 145 Å². The highest BCUT2D eigenvalue weighted by molar-refractivity contribution is 9.09. The minimum Gasteiger partial charge on any atom is -0.478 e. The van der Waals surface area contributed by atoms with Crippen LogP contribution in [0.4, 0.5) is 0 Å². The van der Waals surface area contributed by atoms with Crippen LogP contribution in [0.1, 0.15) is 172 Å². The van der Waals surface area contributed by atoms with E-state index >= 15 is 0 Å². The number of nitrogens with one attached hydrogen (secondary N) is 4. The molecule has 11 rings (SSSR count). The molecule has 105 heavy (non-hydrogen) atoms. The second-order valence-electron chi connectivity index (χ2n) is 23.8. The molecule has 7 heterocycles. The average molecular weight is 1490 g/mol. The highest BCUT2D eigenvalue weighted by Crippen LogP contribution is 2.21. The van der Waals surface area contributed by atoms with E-state index in [1.165, 1.54) is 73.1 Å². The van der Waals surface area contributed by atoms with Crippen molar-refractivity contribution in [1.82, 2.24) is 33.6 Å². The summed E-state index contributed by atoms with van der Waals surface area (Å²) in [5.41, 5.74) is 14.1. The van der Waals surface area contributed by atoms with Crippen LogP contribution in [0.3, 0.4) is 0 Å². The first-order valence-electron chi connectivity index (χ1n) is 33.0. The number of carboxylic acids is 2. The summed E-state index contributed by atoms with van der Waals surface area (Å²) in [6, 6.07) is 56.6. The molecule has 0 fully saturated rings. The number of nitrogens with zero attached hydrogens (tertiary/aromatic N) is 3. The van der Waals surface area contributed by atoms with Crippen molar-refractivity contribution in [3.63, 3.8) is 0 Å². The Kier molecular flexibility index (Phi) is 33.0. The summed E-state index contributed by atoms with van der Waals surface area (Å²) >= 11 is 3.48. The number of H-pyrrole nitrogens is 4. The number of ketones is 2. The summed E-state index contributed by atoms with van der Waals surface area (Å²) in [7, 11) is 1.29. The van der Waals surface area contributed by atoms with E-state index in [1.807, 2.05) is 170 Å². The fraction of sp³-hybridized carbons (Fsp3) is 0.210. The van der Waals surface area contributed by atoms with Crippen molar-refractivity contribution in [2.24, 2.45) is 5.73 Å². The number of benzene rings is 4. The number of hydrogen-bond donors (Lipinski definition) is 7. The van der Waals surface area contributed by atoms with Gasteiger partial charge in [0, 0.05) is 113 Å². The Morgan fingerprint density at radius 3 is 1.12 bits per heavy atom. The minimum absolute atomic E-state index is 0.00347. The lowest BCUT2D eigenvalue weighted by Crippen LogP contribution is -2.24. The van der Waals surface area contributed by atoms with E-state index < -0.39 is 23.5 Å². The molecule has 4 unspecified atom stereocenters. The van der Waals surface area contributed by atoms with Gasteiger partial charge in [-0.15, -0.1) is 0 Å². The zero-order chi connectivity index (χ0) is 77.4. The van der Waals surface area contributed by atoms with Gasteiger partial charge in [-0.3, -0.25) is 43.2 Å². The van der Waals surface area contributed by atoms with Gasteiger partial charge in [0.1, 0.15) is 0 Å². The quantitative estimate of drug-likeness (QED) is 0.0268. The minimum atomic E-state index is -1.09. The first-order chi connectivity index (χ1) is 49.9. The summed E-state index contributed by atoms with van der Waals surface area (Å²) in [6.07, 6.45) is 8.09. The third kappa shape index (κ3) is 26.2. The lowest BCUT2D eigenvalue weighted by molar-refractivity contribution is 0.0598. The van der Waals surface area contributed by atoms with Gasteiger partial charge in [-0.25, -0.2) is 14.4 Å². The van der Waals surface area contributed by atoms with Crippen molar-refractivity contribution in [3.8, 4) is 0 Å². The van der Waals surface area contributed by atoms with Crippen molar-refractivity contribution < 1.29 is 38.9 Å². The predicted molar refractivity (Wildman–Crippen MR) is 410 cm³/mol. The molecule has 11 aromatic rings. The molecular weight excluding hydrogens is 1400 g/mol. The Morgan fingerprint density at radius 2 is 0.800 bits per heavy atom. The molecule has 23 nitrogen and oxygen atoms in total. The second kappa shape index (κ2) is 41.6. The number of carbonyl (C=O) groups excluding carboxylic acids is 3. The van der Waals surface area contributed by atoms with E-state index in [-0.39, 0.29) is 86.2 Å². The molecule has 24 heteroatoms. The number of carboxylic acid groups (broad SMARTS) is 2. The van der Waals surface area contributed by atoms with Crippen LogP contribution in [0.25, 0.3) is 0 Å². The third-order valence-electron chi connectivity index (χ3n) is 16.2. The summed E-state index contributed by atoms with van der Waals surface area (Å²) in [6.45, 7) is 17.1. The molecule has 4 aromatic carbocycles. The first kappa shape index (κ1) is 83.4. The van der Waals surface area contributed by atoms with Gasteiger partial charge in [0.15, 0.2) is 11.6 Å². The molecular formula is C81H85BrN8O15. The van der Waals surface area contributed by atoms with Gasteiger partial charge >= 0.3 is 17.9 Å². The smallest absolute Gasteiger partial charge is 0.338 e. The van der Waals surface area contributed by atoms with E-state index in [9.17, 15) is 57.5 Å². The zero-order valence-electron chi connectivity index (χ0n) is 59.8. The molecule has 0 bridgehead atoms. The van der Waals surface area contributed by atoms with Crippen molar-refractivity contribution in [2.75, 3.05) is 7.11 Å². The Bertz CT molecular complexity index is 5100. The van der Waals surface area contributed by atoms with E-state index in [4.69, 9.17) is 15.9 Å². The van der Waals surface area contributed by atoms with Crippen LogP contribution in [-0.4, -0.2) is 80.4 Å². The number of ether oxygens (including phenoxy) is 1. The number of Topliss-reactive ketones (excluding diaryl/α,β-unsaturated/α-hetero) is 2. The van der Waals surface area contributed by atoms with Crippen molar-refractivity contribution in [3.05, 3.63) is 381 Å². The first-order valence-corrected chi connectivity index (χ1v) is 33.9. The average Bonchev–Trinajstić information content (AvgIpc) is 0.828. The zero-order valence-corrected chi connectivity index (χ0v) is 61.4. The number of carbonyl (C=O) groups is 5. The molecule has 0 radical (unpaired) electrons. The monoisotopic (exact) mass is 1490 g/mol. The molecule has 0 saturated heterocycles. The number of aromatic amines is 4. The Morgan fingerprint density at radius 1 is 0.457 bits per heavy atom. The summed E-state index contributed by atoms with van der Waals surface area (Å²) in [5, 5.41) is 17.2. The van der Waals surface area contributed by atoms with Gasteiger partial charge in [-0.2, -0.15) is 0 Å². The normalized spacial score (nSPS) is 11.4. The topological polar surface area (TPSA) is 359 Å². The largest absolute Gasteiger partial charge is 0.478 e. The van der Waals surface area contributed by atoms with Crippen LogP contribution >= 0.6 is 15.9 Å². The lowest BCUT2D eigenvalue weighted by atomic mass is 10.0. The molecule has 4 atom stereocenters. The van der Waals surface area contributed by atoms with E-state index in [0.717, 1.165) is 51.3 Å². The van der Waals surface area contributed by atoms with Crippen LogP contribution in [0, 0.1) is 27.7 Å². The lowest BCUT2D eigenvalue weighted by Gasteiger charge is -2.15. The van der Waals surface area contributed by atoms with E-state index in [2.05, 4.69) is 59.7 Å². The molecule has 0 spiro atoms. The van der Waals surface area contributed by atoms with Crippen molar-refractivity contribution >= 4 is 45.4 Å². The van der Waals surface area contributed by atoms with Gasteiger partial charge in [0.25, 0.3) is 27.8 Å². The number of methoxy groups -OCH3 is 1. The maximum atomic E-state index is 12.6. The van der Waals surface area contributed by atoms with Crippen LogP contribution in [0.5, 0.6) is 0 Å². The van der Waals surface area contributed by atoms with Crippen molar-refractivity contribution in [1.29, 1.82) is 0 Å². The molecule has 7 aromatic heterocycles. The Labute approximate surface area is 613 Å². The van der Waals surface area contributed by atoms with Crippen molar-refractivity contribution in [2.45, 2.75) is 105 Å². The number of rotatable bonds is 16.